The van der Waals surface area contributed by atoms with Crippen LogP contribution in [0.2, 0.25) is 5.02 Å². The first-order chi connectivity index (χ1) is 8.08. The molecule has 0 spiro atoms. The van der Waals surface area contributed by atoms with Crippen LogP contribution in [0.1, 0.15) is 18.1 Å². The minimum Gasteiger partial charge on any atom is -0.385 e. The molecule has 88 valence electrons. The quantitative estimate of drug-likeness (QED) is 0.874. The van der Waals surface area contributed by atoms with E-state index in [2.05, 4.69) is 0 Å². The summed E-state index contributed by atoms with van der Waals surface area (Å²) in [7, 11) is 0. The average Bonchev–Trinajstić information content (AvgIpc) is 2.29. The molecule has 17 heavy (non-hydrogen) atoms. The van der Waals surface area contributed by atoms with Gasteiger partial charge in [0.25, 0.3) is 0 Å². The van der Waals surface area contributed by atoms with Gasteiger partial charge in [-0.25, -0.2) is 0 Å². The van der Waals surface area contributed by atoms with Gasteiger partial charge >= 0.3 is 0 Å². The molecule has 2 heteroatoms. The van der Waals surface area contributed by atoms with Gasteiger partial charge in [-0.15, -0.1) is 0 Å². The third kappa shape index (κ3) is 3.09. The fraction of sp³-hybridized carbons (Fsp3) is 0.200. The van der Waals surface area contributed by atoms with Gasteiger partial charge < -0.3 is 5.11 Å². The molecule has 1 atom stereocenters. The van der Waals surface area contributed by atoms with E-state index in [1.807, 2.05) is 61.5 Å². The molecule has 2 aromatic carbocycles. The second-order valence-corrected chi connectivity index (χ2v) is 4.88. The lowest BCUT2D eigenvalue weighted by Gasteiger charge is -2.24. The van der Waals surface area contributed by atoms with Crippen molar-refractivity contribution in [2.45, 2.75) is 18.9 Å². The fourth-order valence-electron chi connectivity index (χ4n) is 1.94. The fourth-order valence-corrected chi connectivity index (χ4v) is 2.16. The molecule has 0 aliphatic rings. The molecule has 0 saturated heterocycles. The summed E-state index contributed by atoms with van der Waals surface area (Å²) in [6.45, 7) is 1.82. The van der Waals surface area contributed by atoms with Crippen LogP contribution in [0.5, 0.6) is 0 Å². The molecular weight excluding hydrogens is 232 g/mol. The van der Waals surface area contributed by atoms with Crippen molar-refractivity contribution in [3.05, 3.63) is 70.7 Å². The Balaban J connectivity index is 2.23. The first kappa shape index (κ1) is 12.2. The smallest absolute Gasteiger partial charge is 0.0908 e. The van der Waals surface area contributed by atoms with E-state index in [1.54, 1.807) is 0 Å². The van der Waals surface area contributed by atoms with Crippen LogP contribution in [0.25, 0.3) is 0 Å². The van der Waals surface area contributed by atoms with Crippen molar-refractivity contribution in [1.82, 2.24) is 0 Å². The molecule has 2 aromatic rings. The molecule has 1 unspecified atom stereocenters. The third-order valence-electron chi connectivity index (χ3n) is 2.83. The summed E-state index contributed by atoms with van der Waals surface area (Å²) in [6, 6.07) is 17.3. The summed E-state index contributed by atoms with van der Waals surface area (Å²) in [5.41, 5.74) is 1.08. The average molecular weight is 247 g/mol. The molecule has 0 aliphatic carbocycles. The molecule has 1 nitrogen and oxygen atoms in total. The summed E-state index contributed by atoms with van der Waals surface area (Å²) in [4.78, 5) is 0. The van der Waals surface area contributed by atoms with E-state index in [9.17, 15) is 5.11 Å². The van der Waals surface area contributed by atoms with Crippen molar-refractivity contribution < 1.29 is 5.11 Å². The summed E-state index contributed by atoms with van der Waals surface area (Å²) in [6.07, 6.45) is 0.553. The summed E-state index contributed by atoms with van der Waals surface area (Å²) >= 11 is 5.94. The maximum Gasteiger partial charge on any atom is 0.0908 e. The molecule has 1 N–H and O–H groups in total. The molecule has 0 bridgehead atoms. The van der Waals surface area contributed by atoms with Crippen LogP contribution in [0.4, 0.5) is 0 Å². The van der Waals surface area contributed by atoms with Gasteiger partial charge in [-0.3, -0.25) is 0 Å². The van der Waals surface area contributed by atoms with Crippen molar-refractivity contribution in [2.24, 2.45) is 0 Å². The molecule has 0 radical (unpaired) electrons. The Bertz CT molecular complexity index is 491. The zero-order chi connectivity index (χ0) is 12.3. The molecule has 0 heterocycles. The first-order valence-corrected chi connectivity index (χ1v) is 5.98. The van der Waals surface area contributed by atoms with Crippen LogP contribution >= 0.6 is 11.6 Å². The van der Waals surface area contributed by atoms with Crippen molar-refractivity contribution in [1.29, 1.82) is 0 Å². The van der Waals surface area contributed by atoms with Crippen LogP contribution < -0.4 is 0 Å². The Morgan fingerprint density at radius 1 is 1.06 bits per heavy atom. The highest BCUT2D eigenvalue weighted by Gasteiger charge is 2.23. The molecule has 0 saturated carbocycles. The minimum atomic E-state index is -0.869. The van der Waals surface area contributed by atoms with Crippen LogP contribution in [-0.2, 0) is 12.0 Å². The van der Waals surface area contributed by atoms with Crippen LogP contribution in [0.15, 0.2) is 54.6 Å². The highest BCUT2D eigenvalue weighted by molar-refractivity contribution is 6.30. The molecule has 0 amide bonds. The van der Waals surface area contributed by atoms with Crippen molar-refractivity contribution >= 4 is 11.6 Å². The largest absolute Gasteiger partial charge is 0.385 e. The van der Waals surface area contributed by atoms with Gasteiger partial charge in [0.2, 0.25) is 0 Å². The predicted molar refractivity (Wildman–Crippen MR) is 71.2 cm³/mol. The van der Waals surface area contributed by atoms with Gasteiger partial charge in [0.05, 0.1) is 5.60 Å². The number of benzene rings is 2. The summed E-state index contributed by atoms with van der Waals surface area (Å²) < 4.78 is 0. The minimum absolute atomic E-state index is 0.553. The van der Waals surface area contributed by atoms with E-state index in [1.165, 1.54) is 0 Å². The summed E-state index contributed by atoms with van der Waals surface area (Å²) in [5.74, 6) is 0. The number of halogens is 1. The Labute approximate surface area is 107 Å². The van der Waals surface area contributed by atoms with Crippen molar-refractivity contribution in [3.8, 4) is 0 Å². The van der Waals surface area contributed by atoms with E-state index < -0.39 is 5.60 Å². The lowest BCUT2D eigenvalue weighted by atomic mass is 9.89. The third-order valence-corrected chi connectivity index (χ3v) is 3.07. The van der Waals surface area contributed by atoms with Crippen LogP contribution in [0.3, 0.4) is 0 Å². The highest BCUT2D eigenvalue weighted by Crippen LogP contribution is 2.25. The molecule has 2 rings (SSSR count). The highest BCUT2D eigenvalue weighted by atomic mass is 35.5. The lowest BCUT2D eigenvalue weighted by molar-refractivity contribution is 0.0576. The van der Waals surface area contributed by atoms with E-state index in [0.717, 1.165) is 11.1 Å². The molecule has 0 fully saturated rings. The van der Waals surface area contributed by atoms with Gasteiger partial charge in [-0.05, 0) is 30.2 Å². The number of hydrogen-bond acceptors (Lipinski definition) is 1. The van der Waals surface area contributed by atoms with Crippen molar-refractivity contribution in [3.63, 3.8) is 0 Å². The number of aliphatic hydroxyl groups is 1. The second-order valence-electron chi connectivity index (χ2n) is 4.45. The zero-order valence-corrected chi connectivity index (χ0v) is 10.5. The molecule has 0 aliphatic heterocycles. The first-order valence-electron chi connectivity index (χ1n) is 5.60. The standard InChI is InChI=1S/C15H15ClO/c1-15(17,13-7-3-2-4-8-13)11-12-6-5-9-14(16)10-12/h2-10,17H,11H2,1H3. The maximum atomic E-state index is 10.5. The van der Waals surface area contributed by atoms with Crippen LogP contribution in [0, 0.1) is 0 Å². The van der Waals surface area contributed by atoms with E-state index >= 15 is 0 Å². The van der Waals surface area contributed by atoms with Gasteiger partial charge in [0.1, 0.15) is 0 Å². The monoisotopic (exact) mass is 246 g/mol. The van der Waals surface area contributed by atoms with Gasteiger partial charge in [-0.2, -0.15) is 0 Å². The van der Waals surface area contributed by atoms with Gasteiger partial charge in [0, 0.05) is 11.4 Å². The SMILES string of the molecule is CC(O)(Cc1cccc(Cl)c1)c1ccccc1. The predicted octanol–water partition coefficient (Wildman–Crippen LogP) is 3.79. The zero-order valence-electron chi connectivity index (χ0n) is 9.73. The lowest BCUT2D eigenvalue weighted by Crippen LogP contribution is -2.24. The number of rotatable bonds is 3. The Morgan fingerprint density at radius 3 is 2.41 bits per heavy atom. The summed E-state index contributed by atoms with van der Waals surface area (Å²) in [5, 5.41) is 11.2. The maximum absolute atomic E-state index is 10.5. The van der Waals surface area contributed by atoms with E-state index in [-0.39, 0.29) is 0 Å². The second kappa shape index (κ2) is 4.91. The number of hydrogen-bond donors (Lipinski definition) is 1. The van der Waals surface area contributed by atoms with E-state index in [0.29, 0.717) is 11.4 Å². The van der Waals surface area contributed by atoms with Gasteiger partial charge in [-0.1, -0.05) is 54.1 Å². The van der Waals surface area contributed by atoms with Crippen LogP contribution in [-0.4, -0.2) is 5.11 Å². The molecular formula is C15H15ClO. The normalized spacial score (nSPS) is 14.3. The van der Waals surface area contributed by atoms with Gasteiger partial charge in [0.15, 0.2) is 0 Å². The Morgan fingerprint density at radius 2 is 1.76 bits per heavy atom. The van der Waals surface area contributed by atoms with Crippen molar-refractivity contribution in [2.75, 3.05) is 0 Å². The molecule has 0 aromatic heterocycles. The topological polar surface area (TPSA) is 20.2 Å². The van der Waals surface area contributed by atoms with E-state index in [4.69, 9.17) is 11.6 Å². The Kier molecular flexibility index (Phi) is 3.51. The Hall–Kier alpha value is -1.31.